The van der Waals surface area contributed by atoms with Gasteiger partial charge in [0.25, 0.3) is 5.91 Å². The molecular formula is C18H29N3O3S. The lowest BCUT2D eigenvalue weighted by molar-refractivity contribution is 0.0523. The first-order chi connectivity index (χ1) is 11.7. The van der Waals surface area contributed by atoms with Crippen LogP contribution in [-0.4, -0.2) is 28.6 Å². The number of amides is 2. The molecule has 0 saturated heterocycles. The maximum Gasteiger partial charge on any atom is 0.408 e. The van der Waals surface area contributed by atoms with Gasteiger partial charge in [-0.2, -0.15) is 0 Å². The molecule has 7 heteroatoms. The predicted octanol–water partition coefficient (Wildman–Crippen LogP) is 3.93. The summed E-state index contributed by atoms with van der Waals surface area (Å²) < 4.78 is 5.20. The second-order valence-electron chi connectivity index (χ2n) is 7.54. The Morgan fingerprint density at radius 1 is 1.20 bits per heavy atom. The highest BCUT2D eigenvalue weighted by molar-refractivity contribution is 7.13. The van der Waals surface area contributed by atoms with E-state index in [1.807, 2.05) is 27.7 Å². The monoisotopic (exact) mass is 367 g/mol. The number of nitrogens with zero attached hydrogens (tertiary/aromatic N) is 1. The number of carbonyl (C=O) groups is 2. The van der Waals surface area contributed by atoms with E-state index in [1.165, 1.54) is 37.0 Å². The molecule has 0 bridgehead atoms. The summed E-state index contributed by atoms with van der Waals surface area (Å²) in [6, 6.07) is 0.264. The molecule has 2 amide bonds. The van der Waals surface area contributed by atoms with Crippen LogP contribution in [0.15, 0.2) is 0 Å². The van der Waals surface area contributed by atoms with Gasteiger partial charge in [0.2, 0.25) is 0 Å². The second kappa shape index (κ2) is 8.65. The van der Waals surface area contributed by atoms with E-state index in [-0.39, 0.29) is 18.5 Å². The van der Waals surface area contributed by atoms with Crippen molar-refractivity contribution in [3.8, 4) is 0 Å². The zero-order chi connectivity index (χ0) is 18.4. The summed E-state index contributed by atoms with van der Waals surface area (Å²) in [5, 5.41) is 6.53. The highest BCUT2D eigenvalue weighted by Crippen LogP contribution is 2.21. The maximum absolute atomic E-state index is 12.5. The number of rotatable bonds is 4. The number of alkyl carbamates (subject to hydrolysis) is 1. The van der Waals surface area contributed by atoms with Crippen LogP contribution in [0.1, 0.15) is 79.7 Å². The molecular weight excluding hydrogens is 338 g/mol. The quantitative estimate of drug-likeness (QED) is 0.790. The average molecular weight is 368 g/mol. The van der Waals surface area contributed by atoms with E-state index in [9.17, 15) is 9.59 Å². The number of hydrogen-bond donors (Lipinski definition) is 2. The van der Waals surface area contributed by atoms with E-state index in [0.29, 0.717) is 15.6 Å². The molecule has 1 aliphatic rings. The van der Waals surface area contributed by atoms with Gasteiger partial charge < -0.3 is 15.4 Å². The van der Waals surface area contributed by atoms with Gasteiger partial charge in [-0.15, -0.1) is 11.3 Å². The molecule has 0 atom stereocenters. The molecule has 0 unspecified atom stereocenters. The largest absolute Gasteiger partial charge is 0.444 e. The lowest BCUT2D eigenvalue weighted by Crippen LogP contribution is -2.34. The van der Waals surface area contributed by atoms with Crippen LogP contribution in [-0.2, 0) is 11.3 Å². The highest BCUT2D eigenvalue weighted by atomic mass is 32.1. The molecule has 0 aliphatic heterocycles. The number of aryl methyl sites for hydroxylation is 1. The summed E-state index contributed by atoms with van der Waals surface area (Å²) in [6.07, 6.45) is 6.49. The first-order valence-corrected chi connectivity index (χ1v) is 9.80. The van der Waals surface area contributed by atoms with E-state index >= 15 is 0 Å². The summed E-state index contributed by atoms with van der Waals surface area (Å²) in [5.41, 5.74) is 0.171. The number of thiazole rings is 1. The maximum atomic E-state index is 12.5. The Bertz CT molecular complexity index is 599. The third-order valence-electron chi connectivity index (χ3n) is 4.02. The molecule has 1 aromatic rings. The molecule has 6 nitrogen and oxygen atoms in total. The van der Waals surface area contributed by atoms with Crippen LogP contribution in [0.25, 0.3) is 0 Å². The first-order valence-electron chi connectivity index (χ1n) is 8.98. The van der Waals surface area contributed by atoms with Crippen LogP contribution >= 0.6 is 11.3 Å². The fourth-order valence-electron chi connectivity index (χ4n) is 2.88. The highest BCUT2D eigenvalue weighted by Gasteiger charge is 2.21. The SMILES string of the molecule is Cc1nc(CNC(=O)OC(C)(C)C)sc1C(=O)NC1CCCCCC1. The van der Waals surface area contributed by atoms with Crippen LogP contribution in [0.2, 0.25) is 0 Å². The normalized spacial score (nSPS) is 16.2. The molecule has 1 fully saturated rings. The fraction of sp³-hybridized carbons (Fsp3) is 0.722. The Morgan fingerprint density at radius 3 is 2.44 bits per heavy atom. The summed E-state index contributed by atoms with van der Waals surface area (Å²) in [5.74, 6) is -0.0505. The van der Waals surface area contributed by atoms with Gasteiger partial charge in [0.1, 0.15) is 15.5 Å². The molecule has 1 aromatic heterocycles. The van der Waals surface area contributed by atoms with Gasteiger partial charge in [-0.05, 0) is 40.5 Å². The van der Waals surface area contributed by atoms with Crippen LogP contribution in [0.3, 0.4) is 0 Å². The van der Waals surface area contributed by atoms with Crippen molar-refractivity contribution in [2.75, 3.05) is 0 Å². The van der Waals surface area contributed by atoms with Crippen molar-refractivity contribution in [3.05, 3.63) is 15.6 Å². The molecule has 25 heavy (non-hydrogen) atoms. The summed E-state index contributed by atoms with van der Waals surface area (Å²) >= 11 is 1.33. The topological polar surface area (TPSA) is 80.3 Å². The molecule has 1 saturated carbocycles. The average Bonchev–Trinajstić information content (AvgIpc) is 2.69. The number of nitrogens with one attached hydrogen (secondary N) is 2. The molecule has 2 N–H and O–H groups in total. The third kappa shape index (κ3) is 6.65. The zero-order valence-corrected chi connectivity index (χ0v) is 16.4. The Morgan fingerprint density at radius 2 is 1.84 bits per heavy atom. The lowest BCUT2D eigenvalue weighted by Gasteiger charge is -2.19. The van der Waals surface area contributed by atoms with Crippen LogP contribution in [0.5, 0.6) is 0 Å². The van der Waals surface area contributed by atoms with Crippen molar-refractivity contribution in [3.63, 3.8) is 0 Å². The van der Waals surface area contributed by atoms with Crippen LogP contribution in [0, 0.1) is 6.92 Å². The minimum absolute atomic E-state index is 0.0505. The molecule has 140 valence electrons. The number of aromatic nitrogens is 1. The molecule has 2 rings (SSSR count). The van der Waals surface area contributed by atoms with E-state index in [4.69, 9.17) is 4.74 Å². The van der Waals surface area contributed by atoms with Crippen molar-refractivity contribution in [1.82, 2.24) is 15.6 Å². The minimum atomic E-state index is -0.535. The van der Waals surface area contributed by atoms with Crippen molar-refractivity contribution in [1.29, 1.82) is 0 Å². The van der Waals surface area contributed by atoms with Gasteiger partial charge in [0, 0.05) is 6.04 Å². The van der Waals surface area contributed by atoms with Gasteiger partial charge in [-0.25, -0.2) is 9.78 Å². The smallest absolute Gasteiger partial charge is 0.408 e. The number of hydrogen-bond acceptors (Lipinski definition) is 5. The minimum Gasteiger partial charge on any atom is -0.444 e. The van der Waals surface area contributed by atoms with E-state index in [1.54, 1.807) is 0 Å². The van der Waals surface area contributed by atoms with Gasteiger partial charge in [-0.1, -0.05) is 25.7 Å². The van der Waals surface area contributed by atoms with E-state index in [2.05, 4.69) is 15.6 Å². The lowest BCUT2D eigenvalue weighted by atomic mass is 10.1. The summed E-state index contributed by atoms with van der Waals surface area (Å²) in [6.45, 7) is 7.54. The van der Waals surface area contributed by atoms with Crippen LogP contribution < -0.4 is 10.6 Å². The Hall–Kier alpha value is -1.63. The van der Waals surface area contributed by atoms with E-state index < -0.39 is 11.7 Å². The summed E-state index contributed by atoms with van der Waals surface area (Å²) in [7, 11) is 0. The Labute approximate surface area is 153 Å². The molecule has 0 radical (unpaired) electrons. The van der Waals surface area contributed by atoms with Crippen molar-refractivity contribution in [2.24, 2.45) is 0 Å². The molecule has 0 spiro atoms. The van der Waals surface area contributed by atoms with Crippen molar-refractivity contribution >= 4 is 23.3 Å². The summed E-state index contributed by atoms with van der Waals surface area (Å²) in [4.78, 5) is 29.3. The zero-order valence-electron chi connectivity index (χ0n) is 15.6. The fourth-order valence-corrected chi connectivity index (χ4v) is 3.78. The van der Waals surface area contributed by atoms with Gasteiger partial charge in [0.15, 0.2) is 0 Å². The molecule has 1 heterocycles. The predicted molar refractivity (Wildman–Crippen MR) is 98.9 cm³/mol. The van der Waals surface area contributed by atoms with E-state index in [0.717, 1.165) is 12.8 Å². The Balaban J connectivity index is 1.90. The molecule has 1 aliphatic carbocycles. The second-order valence-corrected chi connectivity index (χ2v) is 8.62. The van der Waals surface area contributed by atoms with Crippen LogP contribution in [0.4, 0.5) is 4.79 Å². The number of ether oxygens (including phenoxy) is 1. The Kier molecular flexibility index (Phi) is 6.81. The van der Waals surface area contributed by atoms with Gasteiger partial charge >= 0.3 is 6.09 Å². The molecule has 0 aromatic carbocycles. The first kappa shape index (κ1) is 19.7. The van der Waals surface area contributed by atoms with Gasteiger partial charge in [-0.3, -0.25) is 4.79 Å². The van der Waals surface area contributed by atoms with Crippen molar-refractivity contribution in [2.45, 2.75) is 84.4 Å². The third-order valence-corrected chi connectivity index (χ3v) is 5.18. The van der Waals surface area contributed by atoms with Gasteiger partial charge in [0.05, 0.1) is 12.2 Å². The standard InChI is InChI=1S/C18H29N3O3S/c1-12-15(16(22)21-13-9-7-5-6-8-10-13)25-14(20-12)11-19-17(23)24-18(2,3)4/h13H,5-11H2,1-4H3,(H,19,23)(H,21,22). The van der Waals surface area contributed by atoms with Crippen molar-refractivity contribution < 1.29 is 14.3 Å². The number of carbonyl (C=O) groups excluding carboxylic acids is 2.